The molecular formula is C24H27Cl3N2O2. The molecule has 3 rings (SSSR count). The van der Waals surface area contributed by atoms with E-state index < -0.39 is 3.79 Å². The second-order valence-electron chi connectivity index (χ2n) is 7.59. The fourth-order valence-corrected chi connectivity index (χ4v) is 3.37. The average molecular weight is 482 g/mol. The van der Waals surface area contributed by atoms with Crippen LogP contribution in [0.2, 0.25) is 0 Å². The second-order valence-corrected chi connectivity index (χ2v) is 9.88. The van der Waals surface area contributed by atoms with E-state index in [1.807, 2.05) is 42.5 Å². The number of ether oxygens (including phenoxy) is 1. The van der Waals surface area contributed by atoms with Gasteiger partial charge in [-0.3, -0.25) is 5.43 Å². The zero-order valence-electron chi connectivity index (χ0n) is 17.9. The van der Waals surface area contributed by atoms with Gasteiger partial charge in [0.15, 0.2) is 0 Å². The smallest absolute Gasteiger partial charge is 0.253 e. The first kappa shape index (κ1) is 23.6. The lowest BCUT2D eigenvalue weighted by Gasteiger charge is -2.15. The van der Waals surface area contributed by atoms with Crippen LogP contribution in [0.25, 0.3) is 11.8 Å². The van der Waals surface area contributed by atoms with Crippen molar-refractivity contribution >= 4 is 46.6 Å². The van der Waals surface area contributed by atoms with Gasteiger partial charge in [0.05, 0.1) is 12.8 Å². The molecular weight excluding hydrogens is 455 g/mol. The molecule has 0 spiro atoms. The fourth-order valence-electron chi connectivity index (χ4n) is 2.98. The van der Waals surface area contributed by atoms with Crippen LogP contribution in [0.3, 0.4) is 0 Å². The normalized spacial score (nSPS) is 14.4. The number of halogens is 3. The van der Waals surface area contributed by atoms with Gasteiger partial charge in [-0.25, -0.2) is 0 Å². The maximum Gasteiger partial charge on any atom is 0.253 e. The number of benzene rings is 2. The molecule has 0 fully saturated rings. The fraction of sp³-hybridized carbons (Fsp3) is 0.333. The Bertz CT molecular complexity index is 917. The zero-order chi connectivity index (χ0) is 22.4. The Labute approximate surface area is 199 Å². The minimum absolute atomic E-state index is 0.221. The van der Waals surface area contributed by atoms with Crippen molar-refractivity contribution in [2.24, 2.45) is 0 Å². The standard InChI is InChI=1S/C24H27Cl3N2O2/c1-4-5-16-30-21-12-6-18(7-13-21)14-15-29-28-22(23(31-29)24(25,26)27)20-10-8-19(9-11-20)17(2)3/h6-15,17,28H,4-5,16H2,1-3H3. The van der Waals surface area contributed by atoms with E-state index in [0.717, 1.165) is 36.3 Å². The van der Waals surface area contributed by atoms with Gasteiger partial charge in [-0.15, -0.1) is 5.17 Å². The van der Waals surface area contributed by atoms with Gasteiger partial charge in [0.2, 0.25) is 5.76 Å². The number of nitrogens with one attached hydrogen (secondary N) is 1. The molecule has 4 nitrogen and oxygen atoms in total. The molecule has 2 aromatic carbocycles. The SMILES string of the molecule is CCCCOc1ccc(C=CN2NC(c3ccc(C(C)C)cc3)=C(C(Cl)(Cl)Cl)O2)cc1. The van der Waals surface area contributed by atoms with Crippen LogP contribution in [0.1, 0.15) is 56.2 Å². The first-order valence-corrected chi connectivity index (χ1v) is 11.5. The molecule has 1 aliphatic heterocycles. The van der Waals surface area contributed by atoms with Crippen LogP contribution in [0.4, 0.5) is 0 Å². The number of hydrogen-bond donors (Lipinski definition) is 1. The van der Waals surface area contributed by atoms with Crippen molar-refractivity contribution in [1.82, 2.24) is 10.6 Å². The van der Waals surface area contributed by atoms with E-state index in [2.05, 4.69) is 38.3 Å². The molecule has 1 aliphatic rings. The molecule has 1 N–H and O–H groups in total. The summed E-state index contributed by atoms with van der Waals surface area (Å²) in [6.07, 6.45) is 5.78. The molecule has 2 aromatic rings. The lowest BCUT2D eigenvalue weighted by molar-refractivity contribution is -0.0796. The van der Waals surface area contributed by atoms with Crippen molar-refractivity contribution in [2.75, 3.05) is 6.61 Å². The maximum absolute atomic E-state index is 6.16. The summed E-state index contributed by atoms with van der Waals surface area (Å²) >= 11 is 18.5. The van der Waals surface area contributed by atoms with Crippen LogP contribution in [-0.4, -0.2) is 15.6 Å². The molecule has 0 amide bonds. The number of hydroxylamine groups is 1. The van der Waals surface area contributed by atoms with Crippen LogP contribution in [0, 0.1) is 0 Å². The van der Waals surface area contributed by atoms with Crippen molar-refractivity contribution in [2.45, 2.75) is 43.3 Å². The van der Waals surface area contributed by atoms with E-state index in [1.54, 1.807) is 6.20 Å². The van der Waals surface area contributed by atoms with E-state index in [4.69, 9.17) is 44.4 Å². The Balaban J connectivity index is 1.71. The number of alkyl halides is 3. The van der Waals surface area contributed by atoms with Crippen LogP contribution >= 0.6 is 34.8 Å². The zero-order valence-corrected chi connectivity index (χ0v) is 20.1. The van der Waals surface area contributed by atoms with Crippen LogP contribution in [0.15, 0.2) is 60.5 Å². The number of hydrogen-bond acceptors (Lipinski definition) is 4. The lowest BCUT2D eigenvalue weighted by Crippen LogP contribution is -2.24. The van der Waals surface area contributed by atoms with Gasteiger partial charge in [0, 0.05) is 5.56 Å². The molecule has 0 unspecified atom stereocenters. The highest BCUT2D eigenvalue weighted by molar-refractivity contribution is 6.69. The molecule has 0 saturated carbocycles. The number of allylic oxidation sites excluding steroid dienone is 1. The van der Waals surface area contributed by atoms with Crippen molar-refractivity contribution in [3.63, 3.8) is 0 Å². The predicted octanol–water partition coefficient (Wildman–Crippen LogP) is 7.45. The predicted molar refractivity (Wildman–Crippen MR) is 130 cm³/mol. The van der Waals surface area contributed by atoms with Crippen molar-refractivity contribution < 1.29 is 9.57 Å². The third-order valence-corrected chi connectivity index (χ3v) is 5.33. The summed E-state index contributed by atoms with van der Waals surface area (Å²) in [7, 11) is 0. The Morgan fingerprint density at radius 1 is 1.06 bits per heavy atom. The summed E-state index contributed by atoms with van der Waals surface area (Å²) in [6, 6.07) is 15.9. The highest BCUT2D eigenvalue weighted by Crippen LogP contribution is 2.42. The second kappa shape index (κ2) is 10.5. The molecule has 0 bridgehead atoms. The average Bonchev–Trinajstić information content (AvgIpc) is 3.18. The topological polar surface area (TPSA) is 33.7 Å². The largest absolute Gasteiger partial charge is 0.494 e. The quantitative estimate of drug-likeness (QED) is 0.313. The summed E-state index contributed by atoms with van der Waals surface area (Å²) in [5.74, 6) is 1.51. The molecule has 7 heteroatoms. The minimum atomic E-state index is -1.71. The molecule has 0 atom stereocenters. The van der Waals surface area contributed by atoms with Gasteiger partial charge in [-0.1, -0.05) is 98.4 Å². The third-order valence-electron chi connectivity index (χ3n) is 4.81. The van der Waals surface area contributed by atoms with Gasteiger partial charge >= 0.3 is 0 Å². The molecule has 0 saturated heterocycles. The van der Waals surface area contributed by atoms with Gasteiger partial charge in [-0.05, 0) is 41.7 Å². The Morgan fingerprint density at radius 3 is 2.32 bits per heavy atom. The minimum Gasteiger partial charge on any atom is -0.494 e. The Kier molecular flexibility index (Phi) is 8.04. The monoisotopic (exact) mass is 480 g/mol. The highest BCUT2D eigenvalue weighted by Gasteiger charge is 2.38. The van der Waals surface area contributed by atoms with E-state index in [-0.39, 0.29) is 5.76 Å². The van der Waals surface area contributed by atoms with E-state index in [9.17, 15) is 0 Å². The van der Waals surface area contributed by atoms with Gasteiger partial charge in [0.1, 0.15) is 11.4 Å². The summed E-state index contributed by atoms with van der Waals surface area (Å²) in [5, 5.41) is 1.43. The highest BCUT2D eigenvalue weighted by atomic mass is 35.6. The lowest BCUT2D eigenvalue weighted by atomic mass is 10.0. The summed E-state index contributed by atoms with van der Waals surface area (Å²) in [6.45, 7) is 7.16. The van der Waals surface area contributed by atoms with Crippen LogP contribution in [0.5, 0.6) is 5.75 Å². The third kappa shape index (κ3) is 6.49. The molecule has 0 radical (unpaired) electrons. The Morgan fingerprint density at radius 2 is 1.74 bits per heavy atom. The number of rotatable bonds is 8. The van der Waals surface area contributed by atoms with Crippen molar-refractivity contribution in [3.05, 3.63) is 77.2 Å². The van der Waals surface area contributed by atoms with Crippen molar-refractivity contribution in [3.8, 4) is 5.75 Å². The van der Waals surface area contributed by atoms with E-state index >= 15 is 0 Å². The van der Waals surface area contributed by atoms with E-state index in [0.29, 0.717) is 11.6 Å². The number of nitrogens with zero attached hydrogens (tertiary/aromatic N) is 1. The van der Waals surface area contributed by atoms with Gasteiger partial charge in [0.25, 0.3) is 3.79 Å². The number of unbranched alkanes of at least 4 members (excludes halogenated alkanes) is 1. The van der Waals surface area contributed by atoms with E-state index in [1.165, 1.54) is 10.7 Å². The molecule has 1 heterocycles. The van der Waals surface area contributed by atoms with Crippen LogP contribution in [-0.2, 0) is 4.84 Å². The molecule has 0 aliphatic carbocycles. The van der Waals surface area contributed by atoms with Gasteiger partial charge < -0.3 is 9.57 Å². The molecule has 0 aromatic heterocycles. The van der Waals surface area contributed by atoms with Crippen LogP contribution < -0.4 is 10.2 Å². The summed E-state index contributed by atoms with van der Waals surface area (Å²) in [5.41, 5.74) is 6.85. The maximum atomic E-state index is 6.16. The first-order valence-electron chi connectivity index (χ1n) is 10.3. The molecule has 166 valence electrons. The van der Waals surface area contributed by atoms with Crippen molar-refractivity contribution in [1.29, 1.82) is 0 Å². The number of hydrazine groups is 1. The Hall–Kier alpha value is -2.01. The summed E-state index contributed by atoms with van der Waals surface area (Å²) < 4.78 is 3.99. The van der Waals surface area contributed by atoms with Gasteiger partial charge in [-0.2, -0.15) is 0 Å². The summed E-state index contributed by atoms with van der Waals surface area (Å²) in [4.78, 5) is 5.78. The first-order chi connectivity index (χ1) is 14.8. The molecule has 31 heavy (non-hydrogen) atoms.